The molecule has 8 heteroatoms. The molecule has 3 N–H and O–H groups in total. The van der Waals surface area contributed by atoms with Crippen LogP contribution in [0.15, 0.2) is 23.1 Å². The van der Waals surface area contributed by atoms with Gasteiger partial charge in [-0.15, -0.1) is 0 Å². The Kier molecular flexibility index (Phi) is 5.94. The van der Waals surface area contributed by atoms with Crippen LogP contribution in [0.1, 0.15) is 24.2 Å². The van der Waals surface area contributed by atoms with Gasteiger partial charge >= 0.3 is 0 Å². The number of hydrogen-bond donors (Lipinski definition) is 2. The van der Waals surface area contributed by atoms with Gasteiger partial charge in [0.1, 0.15) is 4.90 Å². The highest BCUT2D eigenvalue weighted by atomic mass is 35.5. The maximum atomic E-state index is 11.9. The van der Waals surface area contributed by atoms with Gasteiger partial charge in [-0.2, -0.15) is 0 Å². The van der Waals surface area contributed by atoms with E-state index in [1.54, 1.807) is 0 Å². The number of halogens is 1. The lowest BCUT2D eigenvalue weighted by atomic mass is 10.2. The molecular formula is C12H17ClN2O4S. The molecule has 0 aliphatic carbocycles. The van der Waals surface area contributed by atoms with Crippen LogP contribution in [0, 0.1) is 0 Å². The summed E-state index contributed by atoms with van der Waals surface area (Å²) in [5.74, 6) is -0.418. The average molecular weight is 321 g/mol. The molecular weight excluding hydrogens is 304 g/mol. The number of ether oxygens (including phenoxy) is 1. The van der Waals surface area contributed by atoms with Crippen molar-refractivity contribution in [2.24, 2.45) is 5.14 Å². The molecule has 1 aromatic carbocycles. The summed E-state index contributed by atoms with van der Waals surface area (Å²) in [7, 11) is -3.97. The van der Waals surface area contributed by atoms with E-state index in [0.29, 0.717) is 13.2 Å². The quantitative estimate of drug-likeness (QED) is 0.821. The normalized spacial score (nSPS) is 13.0. The number of carbonyl (C=O) groups is 1. The number of nitrogens with two attached hydrogens (primary N) is 1. The summed E-state index contributed by atoms with van der Waals surface area (Å²) in [5, 5.41) is 7.64. The van der Waals surface area contributed by atoms with E-state index in [4.69, 9.17) is 21.5 Å². The summed E-state index contributed by atoms with van der Waals surface area (Å²) in [4.78, 5) is 11.6. The summed E-state index contributed by atoms with van der Waals surface area (Å²) in [5.41, 5.74) is 0.169. The number of carbonyl (C=O) groups excluding carboxylic acids is 1. The van der Waals surface area contributed by atoms with Gasteiger partial charge in [-0.1, -0.05) is 11.6 Å². The Morgan fingerprint density at radius 1 is 1.50 bits per heavy atom. The van der Waals surface area contributed by atoms with Gasteiger partial charge in [0.05, 0.1) is 11.1 Å². The highest BCUT2D eigenvalue weighted by molar-refractivity contribution is 7.89. The van der Waals surface area contributed by atoms with E-state index in [0.717, 1.165) is 6.07 Å². The van der Waals surface area contributed by atoms with Crippen LogP contribution >= 0.6 is 11.6 Å². The minimum Gasteiger partial charge on any atom is -0.377 e. The molecule has 0 radical (unpaired) electrons. The van der Waals surface area contributed by atoms with Gasteiger partial charge in [-0.05, 0) is 32.0 Å². The zero-order valence-corrected chi connectivity index (χ0v) is 12.8. The number of benzene rings is 1. The van der Waals surface area contributed by atoms with Gasteiger partial charge in [0.2, 0.25) is 10.0 Å². The predicted molar refractivity (Wildman–Crippen MR) is 76.2 cm³/mol. The summed E-state index contributed by atoms with van der Waals surface area (Å²) in [6.45, 7) is 4.55. The Hall–Kier alpha value is -1.15. The van der Waals surface area contributed by atoms with E-state index in [2.05, 4.69) is 5.32 Å². The average Bonchev–Trinajstić information content (AvgIpc) is 2.35. The summed E-state index contributed by atoms with van der Waals surface area (Å²) >= 11 is 5.74. The van der Waals surface area contributed by atoms with Crippen LogP contribution in [-0.4, -0.2) is 33.6 Å². The molecule has 0 saturated heterocycles. The highest BCUT2D eigenvalue weighted by Crippen LogP contribution is 2.21. The molecule has 1 atom stereocenters. The zero-order chi connectivity index (χ0) is 15.3. The molecule has 20 heavy (non-hydrogen) atoms. The molecule has 0 aliphatic rings. The van der Waals surface area contributed by atoms with Gasteiger partial charge in [-0.25, -0.2) is 13.6 Å². The van der Waals surface area contributed by atoms with Gasteiger partial charge < -0.3 is 10.1 Å². The van der Waals surface area contributed by atoms with E-state index >= 15 is 0 Å². The minimum atomic E-state index is -3.97. The fourth-order valence-electron chi connectivity index (χ4n) is 1.54. The van der Waals surface area contributed by atoms with E-state index < -0.39 is 15.9 Å². The lowest BCUT2D eigenvalue weighted by molar-refractivity contribution is 0.0695. The molecule has 0 spiro atoms. The van der Waals surface area contributed by atoms with Crippen LogP contribution < -0.4 is 10.5 Å². The maximum absolute atomic E-state index is 11.9. The fraction of sp³-hybridized carbons (Fsp3) is 0.417. The van der Waals surface area contributed by atoms with Crippen molar-refractivity contribution < 1.29 is 17.9 Å². The summed E-state index contributed by atoms with van der Waals surface area (Å²) in [6, 6.07) is 3.90. The molecule has 0 saturated carbocycles. The molecule has 1 aromatic rings. The van der Waals surface area contributed by atoms with Gasteiger partial charge in [0.25, 0.3) is 5.91 Å². The Morgan fingerprint density at radius 3 is 2.70 bits per heavy atom. The second-order valence-electron chi connectivity index (χ2n) is 4.17. The molecule has 112 valence electrons. The van der Waals surface area contributed by atoms with E-state index in [1.807, 2.05) is 13.8 Å². The molecule has 1 amide bonds. The SMILES string of the molecule is CCOC(C)CNC(=O)c1ccc(Cl)c(S(N)(=O)=O)c1. The third kappa shape index (κ3) is 4.75. The van der Waals surface area contributed by atoms with Crippen LogP contribution in [0.25, 0.3) is 0 Å². The number of primary sulfonamides is 1. The number of amides is 1. The smallest absolute Gasteiger partial charge is 0.251 e. The minimum absolute atomic E-state index is 0.0215. The number of hydrogen-bond acceptors (Lipinski definition) is 4. The van der Waals surface area contributed by atoms with Crippen molar-refractivity contribution in [1.82, 2.24) is 5.32 Å². The number of sulfonamides is 1. The first-order valence-electron chi connectivity index (χ1n) is 5.97. The molecule has 1 unspecified atom stereocenters. The maximum Gasteiger partial charge on any atom is 0.251 e. The van der Waals surface area contributed by atoms with Crippen LogP contribution in [0.4, 0.5) is 0 Å². The Balaban J connectivity index is 2.85. The zero-order valence-electron chi connectivity index (χ0n) is 11.2. The van der Waals surface area contributed by atoms with Gasteiger partial charge in [-0.3, -0.25) is 4.79 Å². The Bertz CT molecular complexity index is 589. The van der Waals surface area contributed by atoms with Crippen molar-refractivity contribution >= 4 is 27.5 Å². The van der Waals surface area contributed by atoms with Crippen molar-refractivity contribution in [2.45, 2.75) is 24.8 Å². The second kappa shape index (κ2) is 7.03. The van der Waals surface area contributed by atoms with E-state index in [-0.39, 0.29) is 21.6 Å². The third-order valence-corrected chi connectivity index (χ3v) is 3.89. The van der Waals surface area contributed by atoms with E-state index in [1.165, 1.54) is 12.1 Å². The number of rotatable bonds is 6. The Labute approximate surface area is 123 Å². The summed E-state index contributed by atoms with van der Waals surface area (Å²) in [6.07, 6.45) is -0.131. The van der Waals surface area contributed by atoms with Crippen molar-refractivity contribution in [3.8, 4) is 0 Å². The van der Waals surface area contributed by atoms with Crippen LogP contribution in [0.3, 0.4) is 0 Å². The van der Waals surface area contributed by atoms with Crippen molar-refractivity contribution in [3.63, 3.8) is 0 Å². The number of nitrogens with one attached hydrogen (secondary N) is 1. The van der Waals surface area contributed by atoms with Crippen molar-refractivity contribution in [3.05, 3.63) is 28.8 Å². The fourth-order valence-corrected chi connectivity index (χ4v) is 2.62. The monoisotopic (exact) mass is 320 g/mol. The standard InChI is InChI=1S/C12H17ClN2O4S/c1-3-19-8(2)7-15-12(16)9-4-5-10(13)11(6-9)20(14,17)18/h4-6,8H,3,7H2,1-2H3,(H,15,16)(H2,14,17,18). The molecule has 0 aromatic heterocycles. The highest BCUT2D eigenvalue weighted by Gasteiger charge is 2.16. The topological polar surface area (TPSA) is 98.5 Å². The summed E-state index contributed by atoms with van der Waals surface area (Å²) < 4.78 is 27.9. The van der Waals surface area contributed by atoms with Crippen LogP contribution in [-0.2, 0) is 14.8 Å². The molecule has 0 heterocycles. The first-order chi connectivity index (χ1) is 9.25. The molecule has 1 rings (SSSR count). The Morgan fingerprint density at radius 2 is 2.15 bits per heavy atom. The van der Waals surface area contributed by atoms with Gasteiger partial charge in [0, 0.05) is 18.7 Å². The van der Waals surface area contributed by atoms with Crippen LogP contribution in [0.5, 0.6) is 0 Å². The van der Waals surface area contributed by atoms with Crippen molar-refractivity contribution in [2.75, 3.05) is 13.2 Å². The van der Waals surface area contributed by atoms with Crippen LogP contribution in [0.2, 0.25) is 5.02 Å². The molecule has 6 nitrogen and oxygen atoms in total. The third-order valence-electron chi connectivity index (χ3n) is 2.50. The lowest BCUT2D eigenvalue weighted by Gasteiger charge is -2.13. The molecule has 0 aliphatic heterocycles. The first kappa shape index (κ1) is 16.9. The largest absolute Gasteiger partial charge is 0.377 e. The van der Waals surface area contributed by atoms with E-state index in [9.17, 15) is 13.2 Å². The van der Waals surface area contributed by atoms with Crippen molar-refractivity contribution in [1.29, 1.82) is 0 Å². The lowest BCUT2D eigenvalue weighted by Crippen LogP contribution is -2.32. The van der Waals surface area contributed by atoms with Gasteiger partial charge in [0.15, 0.2) is 0 Å². The predicted octanol–water partition coefficient (Wildman–Crippen LogP) is 1.14. The second-order valence-corrected chi connectivity index (χ2v) is 6.10. The molecule has 0 fully saturated rings. The first-order valence-corrected chi connectivity index (χ1v) is 7.90. The molecule has 0 bridgehead atoms.